The molecule has 0 bridgehead atoms. The highest BCUT2D eigenvalue weighted by Crippen LogP contribution is 2.12. The molecule has 2 rings (SSSR count). The zero-order chi connectivity index (χ0) is 14.5. The van der Waals surface area contributed by atoms with E-state index in [1.165, 1.54) is 0 Å². The average molecular weight is 288 g/mol. The Balaban J connectivity index is 1.98. The third kappa shape index (κ3) is 3.92. The summed E-state index contributed by atoms with van der Waals surface area (Å²) in [6.45, 7) is 3.11. The van der Waals surface area contributed by atoms with Crippen molar-refractivity contribution in [2.24, 2.45) is 0 Å². The summed E-state index contributed by atoms with van der Waals surface area (Å²) in [6.07, 6.45) is 0. The summed E-state index contributed by atoms with van der Waals surface area (Å²) in [5.41, 5.74) is 2.97. The summed E-state index contributed by atoms with van der Waals surface area (Å²) in [4.78, 5) is 14.3. The normalized spacial score (nSPS) is 10.8. The minimum atomic E-state index is 0.152. The molecular formula is C17H18ClNO. The fourth-order valence-corrected chi connectivity index (χ4v) is 2.30. The van der Waals surface area contributed by atoms with Gasteiger partial charge in [-0.05, 0) is 37.2 Å². The highest BCUT2D eigenvalue weighted by molar-refractivity contribution is 6.30. The summed E-state index contributed by atoms with van der Waals surface area (Å²) in [5, 5.41) is 0.729. The van der Waals surface area contributed by atoms with Gasteiger partial charge < -0.3 is 0 Å². The van der Waals surface area contributed by atoms with E-state index in [1.54, 1.807) is 0 Å². The van der Waals surface area contributed by atoms with Crippen molar-refractivity contribution in [3.05, 3.63) is 70.2 Å². The molecule has 0 aliphatic rings. The van der Waals surface area contributed by atoms with Crippen molar-refractivity contribution in [2.75, 3.05) is 13.6 Å². The highest BCUT2D eigenvalue weighted by atomic mass is 35.5. The number of carbonyl (C=O) groups excluding carboxylic acids is 1. The van der Waals surface area contributed by atoms with Gasteiger partial charge in [0.1, 0.15) is 0 Å². The Hall–Kier alpha value is -1.64. The van der Waals surface area contributed by atoms with Crippen molar-refractivity contribution in [3.63, 3.8) is 0 Å². The Kier molecular flexibility index (Phi) is 4.94. The number of rotatable bonds is 5. The van der Waals surface area contributed by atoms with Crippen LogP contribution in [0.15, 0.2) is 48.5 Å². The molecule has 2 aromatic rings. The molecule has 2 aromatic carbocycles. The van der Waals surface area contributed by atoms with Crippen molar-refractivity contribution in [2.45, 2.75) is 13.5 Å². The van der Waals surface area contributed by atoms with Gasteiger partial charge in [0.2, 0.25) is 0 Å². The van der Waals surface area contributed by atoms with Crippen LogP contribution in [0.1, 0.15) is 21.5 Å². The van der Waals surface area contributed by atoms with Gasteiger partial charge in [-0.2, -0.15) is 0 Å². The third-order valence-electron chi connectivity index (χ3n) is 3.22. The summed E-state index contributed by atoms with van der Waals surface area (Å²) in [6, 6.07) is 15.4. The second-order valence-electron chi connectivity index (χ2n) is 5.04. The molecule has 0 N–H and O–H groups in total. The van der Waals surface area contributed by atoms with Crippen LogP contribution >= 0.6 is 11.6 Å². The third-order valence-corrected chi connectivity index (χ3v) is 3.48. The van der Waals surface area contributed by atoms with Gasteiger partial charge in [0.15, 0.2) is 5.78 Å². The molecule has 0 spiro atoms. The number of hydrogen-bond acceptors (Lipinski definition) is 2. The fourth-order valence-electron chi connectivity index (χ4n) is 2.17. The van der Waals surface area contributed by atoms with E-state index in [9.17, 15) is 4.79 Å². The molecule has 0 fully saturated rings. The van der Waals surface area contributed by atoms with Crippen LogP contribution in [0.2, 0.25) is 5.02 Å². The number of halogens is 1. The first-order chi connectivity index (χ1) is 9.56. The van der Waals surface area contributed by atoms with Crippen LogP contribution < -0.4 is 0 Å². The molecule has 104 valence electrons. The molecule has 0 radical (unpaired) electrons. The summed E-state index contributed by atoms with van der Waals surface area (Å²) < 4.78 is 0. The van der Waals surface area contributed by atoms with Crippen LogP contribution in [0.3, 0.4) is 0 Å². The van der Waals surface area contributed by atoms with Crippen molar-refractivity contribution in [1.29, 1.82) is 0 Å². The van der Waals surface area contributed by atoms with Gasteiger partial charge in [-0.15, -0.1) is 0 Å². The molecule has 0 aliphatic heterocycles. The molecule has 20 heavy (non-hydrogen) atoms. The van der Waals surface area contributed by atoms with E-state index >= 15 is 0 Å². The van der Waals surface area contributed by atoms with Crippen LogP contribution in [-0.4, -0.2) is 24.3 Å². The number of nitrogens with zero attached hydrogens (tertiary/aromatic N) is 1. The lowest BCUT2D eigenvalue weighted by atomic mass is 10.0. The Labute approximate surface area is 125 Å². The van der Waals surface area contributed by atoms with Crippen LogP contribution in [0.5, 0.6) is 0 Å². The van der Waals surface area contributed by atoms with Gasteiger partial charge in [-0.1, -0.05) is 48.0 Å². The summed E-state index contributed by atoms with van der Waals surface area (Å²) >= 11 is 5.86. The standard InChI is InChI=1S/C17H18ClNO/c1-13-5-3-4-6-16(13)17(20)12-19(2)11-14-7-9-15(18)10-8-14/h3-10H,11-12H2,1-2H3. The molecule has 0 aliphatic carbocycles. The zero-order valence-electron chi connectivity index (χ0n) is 11.8. The summed E-state index contributed by atoms with van der Waals surface area (Å²) in [7, 11) is 1.95. The lowest BCUT2D eigenvalue weighted by Gasteiger charge is -2.16. The molecule has 0 aromatic heterocycles. The molecule has 0 unspecified atom stereocenters. The van der Waals surface area contributed by atoms with Crippen LogP contribution in [0.4, 0.5) is 0 Å². The summed E-state index contributed by atoms with van der Waals surface area (Å²) in [5.74, 6) is 0.152. The van der Waals surface area contributed by atoms with Crippen LogP contribution in [-0.2, 0) is 6.54 Å². The van der Waals surface area contributed by atoms with Crippen LogP contribution in [0.25, 0.3) is 0 Å². The van der Waals surface area contributed by atoms with Gasteiger partial charge in [0.05, 0.1) is 6.54 Å². The van der Waals surface area contributed by atoms with E-state index < -0.39 is 0 Å². The molecule has 0 atom stereocenters. The van der Waals surface area contributed by atoms with Crippen molar-refractivity contribution >= 4 is 17.4 Å². The second-order valence-corrected chi connectivity index (χ2v) is 5.47. The van der Waals surface area contributed by atoms with Gasteiger partial charge in [0, 0.05) is 17.1 Å². The molecule has 2 nitrogen and oxygen atoms in total. The Morgan fingerprint density at radius 3 is 2.40 bits per heavy atom. The number of likely N-dealkylation sites (N-methyl/N-ethyl adjacent to an activating group) is 1. The van der Waals surface area contributed by atoms with E-state index in [1.807, 2.05) is 67.4 Å². The quantitative estimate of drug-likeness (QED) is 0.776. The lowest BCUT2D eigenvalue weighted by Crippen LogP contribution is -2.26. The maximum Gasteiger partial charge on any atom is 0.177 e. The van der Waals surface area contributed by atoms with E-state index in [2.05, 4.69) is 0 Å². The number of ketones is 1. The second kappa shape index (κ2) is 6.69. The number of benzene rings is 2. The van der Waals surface area contributed by atoms with Crippen LogP contribution in [0, 0.1) is 6.92 Å². The van der Waals surface area contributed by atoms with Gasteiger partial charge in [-0.3, -0.25) is 9.69 Å². The minimum Gasteiger partial charge on any atom is -0.295 e. The largest absolute Gasteiger partial charge is 0.295 e. The first-order valence-corrected chi connectivity index (χ1v) is 6.96. The highest BCUT2D eigenvalue weighted by Gasteiger charge is 2.11. The SMILES string of the molecule is Cc1ccccc1C(=O)CN(C)Cc1ccc(Cl)cc1. The smallest absolute Gasteiger partial charge is 0.177 e. The van der Waals surface area contributed by atoms with Crippen molar-refractivity contribution in [3.8, 4) is 0 Å². The molecule has 0 heterocycles. The lowest BCUT2D eigenvalue weighted by molar-refractivity contribution is 0.0942. The first-order valence-electron chi connectivity index (χ1n) is 6.58. The van der Waals surface area contributed by atoms with Gasteiger partial charge in [0.25, 0.3) is 0 Å². The topological polar surface area (TPSA) is 20.3 Å². The van der Waals surface area contributed by atoms with Crippen molar-refractivity contribution in [1.82, 2.24) is 4.90 Å². The zero-order valence-corrected chi connectivity index (χ0v) is 12.5. The molecule has 0 saturated heterocycles. The molecule has 0 amide bonds. The van der Waals surface area contributed by atoms with Gasteiger partial charge >= 0.3 is 0 Å². The maximum absolute atomic E-state index is 12.3. The van der Waals surface area contributed by atoms with Crippen molar-refractivity contribution < 1.29 is 4.79 Å². The Bertz CT molecular complexity index is 592. The van der Waals surface area contributed by atoms with E-state index in [0.29, 0.717) is 6.54 Å². The number of aryl methyl sites for hydroxylation is 1. The molecular weight excluding hydrogens is 270 g/mol. The Morgan fingerprint density at radius 1 is 1.10 bits per heavy atom. The van der Waals surface area contributed by atoms with Gasteiger partial charge in [-0.25, -0.2) is 0 Å². The fraction of sp³-hybridized carbons (Fsp3) is 0.235. The minimum absolute atomic E-state index is 0.152. The predicted octanol–water partition coefficient (Wildman–Crippen LogP) is 3.96. The van der Waals surface area contributed by atoms with E-state index in [-0.39, 0.29) is 5.78 Å². The number of carbonyl (C=O) groups is 1. The molecule has 0 saturated carbocycles. The average Bonchev–Trinajstić information content (AvgIpc) is 2.41. The Morgan fingerprint density at radius 2 is 1.75 bits per heavy atom. The van der Waals surface area contributed by atoms with E-state index in [4.69, 9.17) is 11.6 Å². The van der Waals surface area contributed by atoms with E-state index in [0.717, 1.165) is 28.3 Å². The predicted molar refractivity (Wildman–Crippen MR) is 83.3 cm³/mol. The molecule has 3 heteroatoms. The maximum atomic E-state index is 12.3. The first kappa shape index (κ1) is 14.8. The number of Topliss-reactive ketones (excluding diaryl/α,β-unsaturated/α-hetero) is 1. The number of hydrogen-bond donors (Lipinski definition) is 0. The monoisotopic (exact) mass is 287 g/mol.